The highest BCUT2D eigenvalue weighted by molar-refractivity contribution is 5.69. The first-order chi connectivity index (χ1) is 25.5. The lowest BCUT2D eigenvalue weighted by atomic mass is 9.84. The van der Waals surface area contributed by atoms with Gasteiger partial charge in [0.05, 0.1) is 13.2 Å². The molecule has 1 fully saturated rings. The molecule has 0 amide bonds. The number of unbranched alkanes of at least 4 members (excludes halogenated alkanes) is 22. The summed E-state index contributed by atoms with van der Waals surface area (Å²) in [5.74, 6) is -0.0306. The SMILES string of the molecule is CCCCCCCCCCCOC(=O)CCCCC1(CCCCCCC(=O)OC(CCCCCCCC)CCCCCCCC)CCCN1CCO. The van der Waals surface area contributed by atoms with Crippen molar-refractivity contribution in [2.45, 2.75) is 257 Å². The number of aliphatic hydroxyl groups excluding tert-OH is 1. The fourth-order valence-corrected chi connectivity index (χ4v) is 8.44. The maximum absolute atomic E-state index is 12.9. The monoisotopic (exact) mass is 736 g/mol. The van der Waals surface area contributed by atoms with Gasteiger partial charge in [-0.1, -0.05) is 162 Å². The number of rotatable bonds is 39. The van der Waals surface area contributed by atoms with Gasteiger partial charge in [0.15, 0.2) is 0 Å². The van der Waals surface area contributed by atoms with Crippen molar-refractivity contribution in [3.63, 3.8) is 0 Å². The van der Waals surface area contributed by atoms with Crippen molar-refractivity contribution in [2.75, 3.05) is 26.3 Å². The first-order valence-corrected chi connectivity index (χ1v) is 23.2. The Hall–Kier alpha value is -1.14. The molecule has 1 heterocycles. The first-order valence-electron chi connectivity index (χ1n) is 23.2. The molecule has 0 spiro atoms. The number of hydrogen-bond acceptors (Lipinski definition) is 6. The Balaban J connectivity index is 2.33. The quantitative estimate of drug-likeness (QED) is 0.0500. The van der Waals surface area contributed by atoms with Crippen molar-refractivity contribution in [3.8, 4) is 0 Å². The molecule has 0 bridgehead atoms. The number of β-amino-alcohol motifs (C(OH)–C–C–N with tert-alkyl or cyclic N) is 1. The van der Waals surface area contributed by atoms with Gasteiger partial charge in [-0.25, -0.2) is 0 Å². The highest BCUT2D eigenvalue weighted by atomic mass is 16.5. The fraction of sp³-hybridized carbons (Fsp3) is 0.957. The van der Waals surface area contributed by atoms with E-state index >= 15 is 0 Å². The first kappa shape index (κ1) is 48.9. The molecular formula is C46H89NO5. The summed E-state index contributed by atoms with van der Waals surface area (Å²) in [5.41, 5.74) is 0.141. The lowest BCUT2D eigenvalue weighted by Gasteiger charge is -2.39. The molecule has 0 radical (unpaired) electrons. The maximum Gasteiger partial charge on any atom is 0.306 e. The second kappa shape index (κ2) is 35.6. The Morgan fingerprint density at radius 2 is 1.02 bits per heavy atom. The fourth-order valence-electron chi connectivity index (χ4n) is 8.44. The Morgan fingerprint density at radius 1 is 0.577 bits per heavy atom. The Labute approximate surface area is 323 Å². The van der Waals surface area contributed by atoms with Crippen LogP contribution in [0.3, 0.4) is 0 Å². The van der Waals surface area contributed by atoms with Crippen LogP contribution in [-0.2, 0) is 19.1 Å². The molecule has 308 valence electrons. The number of nitrogens with zero attached hydrogens (tertiary/aromatic N) is 1. The van der Waals surface area contributed by atoms with Gasteiger partial charge in [-0.05, 0) is 77.2 Å². The lowest BCUT2D eigenvalue weighted by molar-refractivity contribution is -0.150. The average molecular weight is 736 g/mol. The van der Waals surface area contributed by atoms with E-state index in [2.05, 4.69) is 25.7 Å². The number of aliphatic hydroxyl groups is 1. The van der Waals surface area contributed by atoms with Crippen LogP contribution in [0.1, 0.15) is 245 Å². The van der Waals surface area contributed by atoms with Gasteiger partial charge in [0.2, 0.25) is 0 Å². The molecule has 1 saturated heterocycles. The molecule has 0 aromatic heterocycles. The lowest BCUT2D eigenvalue weighted by Crippen LogP contribution is -2.45. The predicted molar refractivity (Wildman–Crippen MR) is 221 cm³/mol. The maximum atomic E-state index is 12.9. The third-order valence-corrected chi connectivity index (χ3v) is 11.7. The molecule has 6 nitrogen and oxygen atoms in total. The number of esters is 2. The van der Waals surface area contributed by atoms with E-state index in [1.54, 1.807) is 0 Å². The van der Waals surface area contributed by atoms with Crippen molar-refractivity contribution in [3.05, 3.63) is 0 Å². The summed E-state index contributed by atoms with van der Waals surface area (Å²) in [6.45, 7) is 9.36. The summed E-state index contributed by atoms with van der Waals surface area (Å²) in [6.07, 6.45) is 40.8. The van der Waals surface area contributed by atoms with Gasteiger partial charge >= 0.3 is 11.9 Å². The summed E-state index contributed by atoms with van der Waals surface area (Å²) in [4.78, 5) is 27.8. The van der Waals surface area contributed by atoms with Gasteiger partial charge in [-0.2, -0.15) is 0 Å². The highest BCUT2D eigenvalue weighted by Crippen LogP contribution is 2.38. The van der Waals surface area contributed by atoms with Crippen LogP contribution < -0.4 is 0 Å². The van der Waals surface area contributed by atoms with E-state index in [-0.39, 0.29) is 30.2 Å². The summed E-state index contributed by atoms with van der Waals surface area (Å²) in [6, 6.07) is 0. The minimum atomic E-state index is -0.0399. The Kier molecular flexibility index (Phi) is 33.4. The second-order valence-corrected chi connectivity index (χ2v) is 16.4. The zero-order valence-electron chi connectivity index (χ0n) is 35.2. The smallest absolute Gasteiger partial charge is 0.306 e. The molecular weight excluding hydrogens is 647 g/mol. The molecule has 1 atom stereocenters. The Morgan fingerprint density at radius 3 is 1.58 bits per heavy atom. The van der Waals surface area contributed by atoms with Crippen LogP contribution in [0, 0.1) is 0 Å². The van der Waals surface area contributed by atoms with E-state index in [1.165, 1.54) is 135 Å². The van der Waals surface area contributed by atoms with Crippen LogP contribution in [0.15, 0.2) is 0 Å². The molecule has 0 aliphatic carbocycles. The van der Waals surface area contributed by atoms with Crippen molar-refractivity contribution >= 4 is 11.9 Å². The largest absolute Gasteiger partial charge is 0.466 e. The third-order valence-electron chi connectivity index (χ3n) is 11.7. The minimum absolute atomic E-state index is 0.00930. The summed E-state index contributed by atoms with van der Waals surface area (Å²) >= 11 is 0. The topological polar surface area (TPSA) is 76.1 Å². The number of likely N-dealkylation sites (tertiary alicyclic amines) is 1. The zero-order valence-corrected chi connectivity index (χ0v) is 35.2. The normalized spacial score (nSPS) is 16.2. The molecule has 1 N–H and O–H groups in total. The van der Waals surface area contributed by atoms with E-state index in [0.29, 0.717) is 19.4 Å². The molecule has 52 heavy (non-hydrogen) atoms. The standard InChI is InChI=1S/C46H89NO5/c1-4-7-10-13-16-17-18-23-30-42-51-44(49)34-27-29-37-46(38-31-39-47(46)40-41-48)36-28-22-21-26-35-45(50)52-43(32-24-19-14-11-8-5-2)33-25-20-15-12-9-6-3/h43,48H,4-42H2,1-3H3. The number of ether oxygens (including phenoxy) is 2. The minimum Gasteiger partial charge on any atom is -0.466 e. The van der Waals surface area contributed by atoms with Gasteiger partial charge in [-0.3, -0.25) is 14.5 Å². The van der Waals surface area contributed by atoms with Gasteiger partial charge < -0.3 is 14.6 Å². The van der Waals surface area contributed by atoms with E-state index in [0.717, 1.165) is 90.1 Å². The van der Waals surface area contributed by atoms with Crippen molar-refractivity contribution in [2.24, 2.45) is 0 Å². The zero-order chi connectivity index (χ0) is 37.8. The van der Waals surface area contributed by atoms with E-state index < -0.39 is 0 Å². The van der Waals surface area contributed by atoms with Crippen molar-refractivity contribution in [1.29, 1.82) is 0 Å². The molecule has 0 saturated carbocycles. The molecule has 0 aromatic rings. The summed E-state index contributed by atoms with van der Waals surface area (Å²) in [7, 11) is 0. The second-order valence-electron chi connectivity index (χ2n) is 16.4. The molecule has 0 aromatic carbocycles. The number of hydrogen-bond donors (Lipinski definition) is 1. The molecule has 1 rings (SSSR count). The number of carbonyl (C=O) groups is 2. The molecule has 1 aliphatic heterocycles. The van der Waals surface area contributed by atoms with E-state index in [9.17, 15) is 14.7 Å². The Bertz CT molecular complexity index is 790. The summed E-state index contributed by atoms with van der Waals surface area (Å²) < 4.78 is 11.6. The van der Waals surface area contributed by atoms with Gasteiger partial charge in [0.1, 0.15) is 6.10 Å². The van der Waals surface area contributed by atoms with Crippen LogP contribution >= 0.6 is 0 Å². The molecule has 1 aliphatic rings. The van der Waals surface area contributed by atoms with Gasteiger partial charge in [0.25, 0.3) is 0 Å². The average Bonchev–Trinajstić information content (AvgIpc) is 3.53. The van der Waals surface area contributed by atoms with Crippen LogP contribution in [0.25, 0.3) is 0 Å². The molecule has 1 unspecified atom stereocenters. The third kappa shape index (κ3) is 26.6. The van der Waals surface area contributed by atoms with Crippen molar-refractivity contribution < 1.29 is 24.2 Å². The van der Waals surface area contributed by atoms with Crippen LogP contribution in [-0.4, -0.2) is 59.9 Å². The predicted octanol–water partition coefficient (Wildman–Crippen LogP) is 13.2. The van der Waals surface area contributed by atoms with Gasteiger partial charge in [-0.15, -0.1) is 0 Å². The van der Waals surface area contributed by atoms with Crippen LogP contribution in [0.5, 0.6) is 0 Å². The summed E-state index contributed by atoms with van der Waals surface area (Å²) in [5, 5.41) is 9.79. The van der Waals surface area contributed by atoms with Crippen LogP contribution in [0.4, 0.5) is 0 Å². The van der Waals surface area contributed by atoms with Gasteiger partial charge in [0, 0.05) is 24.9 Å². The van der Waals surface area contributed by atoms with E-state index in [4.69, 9.17) is 9.47 Å². The highest BCUT2D eigenvalue weighted by Gasteiger charge is 2.39. The van der Waals surface area contributed by atoms with E-state index in [1.807, 2.05) is 0 Å². The number of carbonyl (C=O) groups excluding carboxylic acids is 2. The van der Waals surface area contributed by atoms with Crippen molar-refractivity contribution in [1.82, 2.24) is 4.90 Å². The van der Waals surface area contributed by atoms with Crippen LogP contribution in [0.2, 0.25) is 0 Å². The molecule has 6 heteroatoms.